The number of hydrogen-bond donors (Lipinski definition) is 3. The zero-order valence-corrected chi connectivity index (χ0v) is 55.5. The van der Waals surface area contributed by atoms with Gasteiger partial charge in [0.1, 0.15) is 0 Å². The zero-order valence-electron chi connectivity index (χ0n) is 55.5. The second kappa shape index (κ2) is 71.6. The highest BCUT2D eigenvalue weighted by Crippen LogP contribution is 2.19. The number of carbonyl (C=O) groups excluding carboxylic acids is 2. The van der Waals surface area contributed by atoms with Crippen molar-refractivity contribution >= 4 is 11.9 Å². The predicted octanol–water partition coefficient (Wildman–Crippen LogP) is 24.3. The molecule has 0 saturated carbocycles. The highest BCUT2D eigenvalue weighted by molar-refractivity contribution is 5.76. The van der Waals surface area contributed by atoms with Gasteiger partial charge >= 0.3 is 5.97 Å². The SMILES string of the molecule is CCC/C=C\C/C=C\CCCCCCCC(=O)OCCCCCCCCCCCCCC/C=C\CCCCCCCCCCCCCCCCC(=O)NC(CO)C(O)CCCCCCCCCCCCCCCCCCCCCCCC. The number of aliphatic hydroxyl groups is 2. The van der Waals surface area contributed by atoms with Crippen LogP contribution in [-0.4, -0.2) is 47.4 Å². The minimum Gasteiger partial charge on any atom is -0.466 e. The fourth-order valence-electron chi connectivity index (χ4n) is 11.7. The summed E-state index contributed by atoms with van der Waals surface area (Å²) in [6.07, 6.45) is 92.1. The van der Waals surface area contributed by atoms with Crippen LogP contribution in [0.4, 0.5) is 0 Å². The highest BCUT2D eigenvalue weighted by atomic mass is 16.5. The van der Waals surface area contributed by atoms with Crippen molar-refractivity contribution in [1.82, 2.24) is 5.32 Å². The molecule has 0 bridgehead atoms. The van der Waals surface area contributed by atoms with Gasteiger partial charge in [-0.3, -0.25) is 9.59 Å². The fraction of sp³-hybridized carbons (Fsp3) is 0.895. The lowest BCUT2D eigenvalue weighted by atomic mass is 10.0. The molecule has 0 spiro atoms. The number of ether oxygens (including phenoxy) is 1. The average molecular weight is 1150 g/mol. The first-order chi connectivity index (χ1) is 40.5. The predicted molar refractivity (Wildman–Crippen MR) is 361 cm³/mol. The van der Waals surface area contributed by atoms with E-state index in [0.29, 0.717) is 25.9 Å². The minimum absolute atomic E-state index is 0.00222. The first kappa shape index (κ1) is 80.1. The van der Waals surface area contributed by atoms with E-state index in [1.807, 2.05) is 0 Å². The molecule has 2 unspecified atom stereocenters. The van der Waals surface area contributed by atoms with Crippen LogP contribution in [0.5, 0.6) is 0 Å². The Labute approximate surface area is 513 Å². The molecule has 82 heavy (non-hydrogen) atoms. The molecule has 484 valence electrons. The maximum absolute atomic E-state index is 12.6. The Morgan fingerprint density at radius 3 is 0.988 bits per heavy atom. The van der Waals surface area contributed by atoms with Crippen LogP contribution in [0.25, 0.3) is 0 Å². The summed E-state index contributed by atoms with van der Waals surface area (Å²) < 4.78 is 5.48. The van der Waals surface area contributed by atoms with Gasteiger partial charge in [0, 0.05) is 12.8 Å². The molecule has 1 amide bonds. The quantitative estimate of drug-likeness (QED) is 0.0320. The van der Waals surface area contributed by atoms with Crippen molar-refractivity contribution in [2.75, 3.05) is 13.2 Å². The Hall–Kier alpha value is -1.92. The van der Waals surface area contributed by atoms with Crippen LogP contribution in [0.2, 0.25) is 0 Å². The monoisotopic (exact) mass is 1150 g/mol. The van der Waals surface area contributed by atoms with Crippen LogP contribution in [-0.2, 0) is 14.3 Å². The van der Waals surface area contributed by atoms with Crippen molar-refractivity contribution in [3.05, 3.63) is 36.5 Å². The number of esters is 1. The Morgan fingerprint density at radius 2 is 0.634 bits per heavy atom. The Kier molecular flexibility index (Phi) is 69.9. The molecule has 0 aromatic heterocycles. The molecule has 0 aliphatic carbocycles. The van der Waals surface area contributed by atoms with E-state index >= 15 is 0 Å². The van der Waals surface area contributed by atoms with Crippen LogP contribution >= 0.6 is 0 Å². The molecule has 0 rings (SSSR count). The third-order valence-electron chi connectivity index (χ3n) is 17.4. The van der Waals surface area contributed by atoms with E-state index in [-0.39, 0.29) is 18.5 Å². The van der Waals surface area contributed by atoms with Crippen molar-refractivity contribution < 1.29 is 24.5 Å². The van der Waals surface area contributed by atoms with Crippen molar-refractivity contribution in [3.8, 4) is 0 Å². The van der Waals surface area contributed by atoms with Crippen LogP contribution in [0.15, 0.2) is 36.5 Å². The third-order valence-corrected chi connectivity index (χ3v) is 17.4. The van der Waals surface area contributed by atoms with E-state index in [2.05, 4.69) is 55.6 Å². The summed E-state index contributed by atoms with van der Waals surface area (Å²) in [5, 5.41) is 23.4. The summed E-state index contributed by atoms with van der Waals surface area (Å²) in [7, 11) is 0. The van der Waals surface area contributed by atoms with E-state index in [1.165, 1.54) is 327 Å². The molecule has 0 aromatic rings. The molecular weight excluding hydrogens is 1010 g/mol. The van der Waals surface area contributed by atoms with Crippen LogP contribution in [0.1, 0.15) is 412 Å². The van der Waals surface area contributed by atoms with Gasteiger partial charge in [-0.05, 0) is 77.0 Å². The molecule has 0 radical (unpaired) electrons. The number of rotatable bonds is 70. The lowest BCUT2D eigenvalue weighted by molar-refractivity contribution is -0.143. The Balaban J connectivity index is 3.37. The van der Waals surface area contributed by atoms with Gasteiger partial charge in [-0.2, -0.15) is 0 Å². The summed E-state index contributed by atoms with van der Waals surface area (Å²) >= 11 is 0. The summed E-state index contributed by atoms with van der Waals surface area (Å²) in [6.45, 7) is 4.92. The average Bonchev–Trinajstić information content (AvgIpc) is 3.48. The lowest BCUT2D eigenvalue weighted by Gasteiger charge is -2.22. The second-order valence-electron chi connectivity index (χ2n) is 25.6. The topological polar surface area (TPSA) is 95.9 Å². The highest BCUT2D eigenvalue weighted by Gasteiger charge is 2.20. The molecule has 6 nitrogen and oxygen atoms in total. The lowest BCUT2D eigenvalue weighted by Crippen LogP contribution is -2.45. The largest absolute Gasteiger partial charge is 0.466 e. The number of carbonyl (C=O) groups is 2. The molecule has 0 aliphatic heterocycles. The molecular formula is C76H145NO5. The van der Waals surface area contributed by atoms with Gasteiger partial charge in [0.05, 0.1) is 25.4 Å². The number of nitrogens with one attached hydrogen (secondary N) is 1. The number of aliphatic hydroxyl groups excluding tert-OH is 2. The molecule has 0 fully saturated rings. The van der Waals surface area contributed by atoms with E-state index in [0.717, 1.165) is 51.4 Å². The van der Waals surface area contributed by atoms with Gasteiger partial charge in [-0.15, -0.1) is 0 Å². The van der Waals surface area contributed by atoms with E-state index < -0.39 is 12.1 Å². The van der Waals surface area contributed by atoms with Crippen molar-refractivity contribution in [2.45, 2.75) is 424 Å². The first-order valence-electron chi connectivity index (χ1n) is 37.2. The first-order valence-corrected chi connectivity index (χ1v) is 37.2. The number of hydrogen-bond acceptors (Lipinski definition) is 5. The number of allylic oxidation sites excluding steroid dienone is 6. The van der Waals surface area contributed by atoms with Crippen molar-refractivity contribution in [1.29, 1.82) is 0 Å². The number of unbranched alkanes of at least 4 members (excludes halogenated alkanes) is 53. The van der Waals surface area contributed by atoms with Crippen LogP contribution < -0.4 is 5.32 Å². The molecule has 3 N–H and O–H groups in total. The molecule has 0 saturated heterocycles. The van der Waals surface area contributed by atoms with Crippen molar-refractivity contribution in [3.63, 3.8) is 0 Å². The zero-order chi connectivity index (χ0) is 59.2. The van der Waals surface area contributed by atoms with E-state index in [9.17, 15) is 19.8 Å². The summed E-state index contributed by atoms with van der Waals surface area (Å²) in [6, 6.07) is -0.542. The van der Waals surface area contributed by atoms with Crippen LogP contribution in [0.3, 0.4) is 0 Å². The van der Waals surface area contributed by atoms with E-state index in [4.69, 9.17) is 4.74 Å². The van der Waals surface area contributed by atoms with Gasteiger partial charge in [0.15, 0.2) is 0 Å². The van der Waals surface area contributed by atoms with Crippen molar-refractivity contribution in [2.24, 2.45) is 0 Å². The van der Waals surface area contributed by atoms with Gasteiger partial charge < -0.3 is 20.3 Å². The Bertz CT molecular complexity index is 1330. The minimum atomic E-state index is -0.665. The molecule has 0 heterocycles. The maximum atomic E-state index is 12.6. The second-order valence-corrected chi connectivity index (χ2v) is 25.6. The van der Waals surface area contributed by atoms with Gasteiger partial charge in [0.2, 0.25) is 5.91 Å². The molecule has 6 heteroatoms. The standard InChI is InChI=1S/C76H145NO5/c1-3-5-7-9-11-13-15-17-18-19-20-21-32-35-38-41-45-48-52-56-60-64-68-74(79)73(72-78)77-75(80)69-65-61-57-53-49-46-42-39-36-33-30-28-26-24-22-23-25-27-29-31-34-37-40-43-47-51-55-59-63-67-71-82-76(81)70-66-62-58-54-50-44-16-14-12-10-8-6-4-2/h8,10,14,16,23,25,73-74,78-79H,3-7,9,11-13,15,17-22,24,26-72H2,1-2H3,(H,77,80)/b10-8-,16-14-,25-23-. The van der Waals surface area contributed by atoms with E-state index in [1.54, 1.807) is 0 Å². The smallest absolute Gasteiger partial charge is 0.305 e. The summed E-state index contributed by atoms with van der Waals surface area (Å²) in [5.74, 6) is -0.0267. The van der Waals surface area contributed by atoms with Gasteiger partial charge in [0.25, 0.3) is 0 Å². The summed E-state index contributed by atoms with van der Waals surface area (Å²) in [5.41, 5.74) is 0. The van der Waals surface area contributed by atoms with Gasteiger partial charge in [-0.1, -0.05) is 359 Å². The molecule has 0 aliphatic rings. The third kappa shape index (κ3) is 67.2. The molecule has 0 aromatic carbocycles. The maximum Gasteiger partial charge on any atom is 0.305 e. The summed E-state index contributed by atoms with van der Waals surface area (Å²) in [4.78, 5) is 24.6. The number of amides is 1. The fourth-order valence-corrected chi connectivity index (χ4v) is 11.7. The molecule has 2 atom stereocenters. The normalized spacial score (nSPS) is 12.7. The van der Waals surface area contributed by atoms with Crippen LogP contribution in [0, 0.1) is 0 Å². The Morgan fingerprint density at radius 1 is 0.341 bits per heavy atom. The van der Waals surface area contributed by atoms with Gasteiger partial charge in [-0.25, -0.2) is 0 Å².